The third-order valence-electron chi connectivity index (χ3n) is 3.08. The van der Waals surface area contributed by atoms with E-state index in [-0.39, 0.29) is 17.5 Å². The Hall–Kier alpha value is -1.37. The molecule has 0 bridgehead atoms. The maximum Gasteiger partial charge on any atom is 0.211 e. The molecular weight excluding hydrogens is 242 g/mol. The summed E-state index contributed by atoms with van der Waals surface area (Å²) in [6.07, 6.45) is 1.19. The predicted octanol–water partition coefficient (Wildman–Crippen LogP) is 0.428. The zero-order valence-electron chi connectivity index (χ0n) is 9.80. The highest BCUT2D eigenvalue weighted by atomic mass is 32.2. The highest BCUT2D eigenvalue weighted by molar-refractivity contribution is 7.91. The van der Waals surface area contributed by atoms with Gasteiger partial charge in [0.2, 0.25) is 6.41 Å². The van der Waals surface area contributed by atoms with Crippen LogP contribution in [0.5, 0.6) is 0 Å². The molecule has 1 aliphatic heterocycles. The lowest BCUT2D eigenvalue weighted by atomic mass is 10.2. The lowest BCUT2D eigenvalue weighted by Gasteiger charge is -2.11. The third kappa shape index (κ3) is 2.19. The first-order valence-corrected chi connectivity index (χ1v) is 7.23. The Balaban J connectivity index is 2.34. The second kappa shape index (κ2) is 4.14. The van der Waals surface area contributed by atoms with E-state index in [2.05, 4.69) is 10.4 Å². The van der Waals surface area contributed by atoms with E-state index in [1.54, 1.807) is 11.6 Å². The largest absolute Gasteiger partial charge is 0.326 e. The van der Waals surface area contributed by atoms with Crippen molar-refractivity contribution in [2.45, 2.75) is 26.3 Å². The maximum atomic E-state index is 11.4. The van der Waals surface area contributed by atoms with Crippen LogP contribution in [-0.2, 0) is 14.6 Å². The zero-order chi connectivity index (χ0) is 12.6. The fraction of sp³-hybridized carbons (Fsp3) is 0.600. The SMILES string of the molecule is Cc1nn(C2CCS(=O)(=O)C2)c(C)c1NC=O. The van der Waals surface area contributed by atoms with Crippen LogP contribution in [0.4, 0.5) is 5.69 Å². The quantitative estimate of drug-likeness (QED) is 0.796. The van der Waals surface area contributed by atoms with Gasteiger partial charge >= 0.3 is 0 Å². The summed E-state index contributed by atoms with van der Waals surface area (Å²) in [5, 5.41) is 6.90. The number of anilines is 1. The van der Waals surface area contributed by atoms with Crippen LogP contribution in [-0.4, -0.2) is 36.1 Å². The normalized spacial score (nSPS) is 22.6. The maximum absolute atomic E-state index is 11.4. The molecule has 1 saturated heterocycles. The number of aromatic nitrogens is 2. The van der Waals surface area contributed by atoms with Gasteiger partial charge in [-0.05, 0) is 20.3 Å². The molecule has 2 rings (SSSR count). The van der Waals surface area contributed by atoms with Crippen molar-refractivity contribution in [2.24, 2.45) is 0 Å². The van der Waals surface area contributed by atoms with Crippen molar-refractivity contribution in [3.8, 4) is 0 Å². The summed E-state index contributed by atoms with van der Waals surface area (Å²) in [7, 11) is -2.93. The van der Waals surface area contributed by atoms with E-state index in [1.165, 1.54) is 0 Å². The van der Waals surface area contributed by atoms with E-state index in [4.69, 9.17) is 0 Å². The molecule has 17 heavy (non-hydrogen) atoms. The molecule has 0 aliphatic carbocycles. The Morgan fingerprint density at radius 3 is 2.71 bits per heavy atom. The number of carbonyl (C=O) groups is 1. The van der Waals surface area contributed by atoms with Crippen molar-refractivity contribution in [2.75, 3.05) is 16.8 Å². The highest BCUT2D eigenvalue weighted by Gasteiger charge is 2.31. The second-order valence-corrected chi connectivity index (χ2v) is 6.54. The van der Waals surface area contributed by atoms with Crippen LogP contribution in [0.25, 0.3) is 0 Å². The van der Waals surface area contributed by atoms with Crippen molar-refractivity contribution in [1.29, 1.82) is 0 Å². The third-order valence-corrected chi connectivity index (χ3v) is 4.83. The van der Waals surface area contributed by atoms with E-state index in [0.29, 0.717) is 24.2 Å². The molecule has 1 N–H and O–H groups in total. The number of hydrogen-bond donors (Lipinski definition) is 1. The minimum absolute atomic E-state index is 0.110. The topological polar surface area (TPSA) is 81.1 Å². The molecule has 1 amide bonds. The van der Waals surface area contributed by atoms with E-state index < -0.39 is 9.84 Å². The van der Waals surface area contributed by atoms with Gasteiger partial charge in [-0.3, -0.25) is 9.48 Å². The van der Waals surface area contributed by atoms with Gasteiger partial charge < -0.3 is 5.32 Å². The summed E-state index contributed by atoms with van der Waals surface area (Å²) in [6, 6.07) is -0.110. The molecule has 1 atom stereocenters. The molecule has 2 heterocycles. The predicted molar refractivity (Wildman–Crippen MR) is 63.7 cm³/mol. The molecule has 0 saturated carbocycles. The number of amides is 1. The molecular formula is C10H15N3O3S. The molecule has 1 fully saturated rings. The number of nitrogens with zero attached hydrogens (tertiary/aromatic N) is 2. The van der Waals surface area contributed by atoms with Gasteiger partial charge in [0.1, 0.15) is 0 Å². The Morgan fingerprint density at radius 1 is 1.47 bits per heavy atom. The first kappa shape index (κ1) is 12.1. The van der Waals surface area contributed by atoms with Gasteiger partial charge in [-0.25, -0.2) is 8.42 Å². The summed E-state index contributed by atoms with van der Waals surface area (Å²) < 4.78 is 24.6. The summed E-state index contributed by atoms with van der Waals surface area (Å²) in [5.74, 6) is 0.349. The lowest BCUT2D eigenvalue weighted by molar-refractivity contribution is -0.105. The molecule has 1 aromatic rings. The number of rotatable bonds is 3. The van der Waals surface area contributed by atoms with Crippen molar-refractivity contribution in [3.05, 3.63) is 11.4 Å². The van der Waals surface area contributed by atoms with E-state index in [0.717, 1.165) is 5.69 Å². The summed E-state index contributed by atoms with van der Waals surface area (Å²) in [4.78, 5) is 10.5. The summed E-state index contributed by atoms with van der Waals surface area (Å²) in [5.41, 5.74) is 2.18. The van der Waals surface area contributed by atoms with Crippen LogP contribution in [0, 0.1) is 13.8 Å². The number of hydrogen-bond acceptors (Lipinski definition) is 4. The number of sulfone groups is 1. The summed E-state index contributed by atoms with van der Waals surface area (Å²) in [6.45, 7) is 3.62. The number of aryl methyl sites for hydroxylation is 1. The van der Waals surface area contributed by atoms with Crippen LogP contribution >= 0.6 is 0 Å². The van der Waals surface area contributed by atoms with Crippen LogP contribution in [0.2, 0.25) is 0 Å². The molecule has 1 aromatic heterocycles. The standard InChI is InChI=1S/C10H15N3O3S/c1-7-10(11-6-14)8(2)13(12-7)9-3-4-17(15,16)5-9/h6,9H,3-5H2,1-2H3,(H,11,14). The molecule has 1 aliphatic rings. The van der Waals surface area contributed by atoms with Crippen molar-refractivity contribution < 1.29 is 13.2 Å². The Kier molecular flexibility index (Phi) is 2.94. The van der Waals surface area contributed by atoms with Gasteiger partial charge in [-0.1, -0.05) is 0 Å². The van der Waals surface area contributed by atoms with Gasteiger partial charge in [-0.2, -0.15) is 5.10 Å². The minimum atomic E-state index is -2.93. The van der Waals surface area contributed by atoms with E-state index in [9.17, 15) is 13.2 Å². The second-order valence-electron chi connectivity index (χ2n) is 4.31. The van der Waals surface area contributed by atoms with E-state index in [1.807, 2.05) is 6.92 Å². The van der Waals surface area contributed by atoms with Gasteiger partial charge in [0, 0.05) is 0 Å². The van der Waals surface area contributed by atoms with Gasteiger partial charge in [-0.15, -0.1) is 0 Å². The molecule has 0 radical (unpaired) electrons. The number of nitrogens with one attached hydrogen (secondary N) is 1. The Bertz CT molecular complexity index is 547. The lowest BCUT2D eigenvalue weighted by Crippen LogP contribution is -2.14. The Labute approximate surface area is 99.9 Å². The van der Waals surface area contributed by atoms with Gasteiger partial charge in [0.15, 0.2) is 9.84 Å². The molecule has 6 nitrogen and oxygen atoms in total. The average molecular weight is 257 g/mol. The average Bonchev–Trinajstić information content (AvgIpc) is 2.73. The molecule has 0 spiro atoms. The molecule has 1 unspecified atom stereocenters. The van der Waals surface area contributed by atoms with Crippen LogP contribution in [0.3, 0.4) is 0 Å². The van der Waals surface area contributed by atoms with Gasteiger partial charge in [0.05, 0.1) is 34.6 Å². The monoisotopic (exact) mass is 257 g/mol. The van der Waals surface area contributed by atoms with Crippen LogP contribution in [0.1, 0.15) is 23.9 Å². The smallest absolute Gasteiger partial charge is 0.211 e. The molecule has 94 valence electrons. The van der Waals surface area contributed by atoms with E-state index >= 15 is 0 Å². The van der Waals surface area contributed by atoms with Crippen molar-refractivity contribution in [1.82, 2.24) is 9.78 Å². The molecule has 0 aromatic carbocycles. The van der Waals surface area contributed by atoms with Crippen molar-refractivity contribution >= 4 is 21.9 Å². The summed E-state index contributed by atoms with van der Waals surface area (Å²) >= 11 is 0. The zero-order valence-corrected chi connectivity index (χ0v) is 10.6. The Morgan fingerprint density at radius 2 is 2.18 bits per heavy atom. The van der Waals surface area contributed by atoms with Crippen LogP contribution < -0.4 is 5.32 Å². The molecule has 7 heteroatoms. The fourth-order valence-corrected chi connectivity index (χ4v) is 3.95. The number of carbonyl (C=O) groups excluding carboxylic acids is 1. The minimum Gasteiger partial charge on any atom is -0.326 e. The highest BCUT2D eigenvalue weighted by Crippen LogP contribution is 2.28. The van der Waals surface area contributed by atoms with Crippen LogP contribution in [0.15, 0.2) is 0 Å². The first-order valence-electron chi connectivity index (χ1n) is 5.41. The fourth-order valence-electron chi connectivity index (χ4n) is 2.25. The first-order chi connectivity index (χ1) is 7.94. The van der Waals surface area contributed by atoms with Crippen molar-refractivity contribution in [3.63, 3.8) is 0 Å². The van der Waals surface area contributed by atoms with Gasteiger partial charge in [0.25, 0.3) is 0 Å².